The van der Waals surface area contributed by atoms with E-state index < -0.39 is 17.3 Å². The number of halogens is 1. The minimum atomic E-state index is -1.34. The Balaban J connectivity index is 1.75. The van der Waals surface area contributed by atoms with Crippen LogP contribution < -0.4 is 5.43 Å². The van der Waals surface area contributed by atoms with E-state index in [2.05, 4.69) is 15.5 Å². The number of rotatable bonds is 5. The van der Waals surface area contributed by atoms with Gasteiger partial charge in [0.2, 0.25) is 5.13 Å². The maximum atomic E-state index is 13.6. The van der Waals surface area contributed by atoms with Crippen LogP contribution in [-0.4, -0.2) is 22.3 Å². The summed E-state index contributed by atoms with van der Waals surface area (Å²) in [4.78, 5) is 15.5. The predicted molar refractivity (Wildman–Crippen MR) is 92.1 cm³/mol. The van der Waals surface area contributed by atoms with Crippen LogP contribution in [0, 0.1) is 5.82 Å². The third-order valence-electron chi connectivity index (χ3n) is 3.20. The predicted octanol–water partition coefficient (Wildman–Crippen LogP) is 4.09. The molecule has 120 valence electrons. The molecule has 24 heavy (non-hydrogen) atoms. The zero-order chi connectivity index (χ0) is 16.9. The number of thiazole rings is 1. The number of anilines is 1. The van der Waals surface area contributed by atoms with Gasteiger partial charge in [0.25, 0.3) is 0 Å². The Kier molecular flexibility index (Phi) is 4.62. The SMILES string of the molecule is O=C(O)c1c(F)cccc1C=NNc1nc(-c2ccccc2)cs1. The summed E-state index contributed by atoms with van der Waals surface area (Å²) in [5.41, 5.74) is 4.30. The lowest BCUT2D eigenvalue weighted by Crippen LogP contribution is -2.06. The largest absolute Gasteiger partial charge is 0.478 e. The first kappa shape index (κ1) is 15.8. The van der Waals surface area contributed by atoms with Crippen molar-refractivity contribution in [3.8, 4) is 11.3 Å². The van der Waals surface area contributed by atoms with Crippen LogP contribution in [0.1, 0.15) is 15.9 Å². The van der Waals surface area contributed by atoms with Crippen molar-refractivity contribution in [2.24, 2.45) is 5.10 Å². The van der Waals surface area contributed by atoms with Gasteiger partial charge < -0.3 is 5.11 Å². The van der Waals surface area contributed by atoms with Gasteiger partial charge >= 0.3 is 5.97 Å². The van der Waals surface area contributed by atoms with Crippen LogP contribution in [0.5, 0.6) is 0 Å². The van der Waals surface area contributed by atoms with E-state index in [1.807, 2.05) is 35.7 Å². The Morgan fingerprint density at radius 1 is 1.21 bits per heavy atom. The van der Waals surface area contributed by atoms with Crippen LogP contribution in [0.25, 0.3) is 11.3 Å². The minimum Gasteiger partial charge on any atom is -0.478 e. The normalized spacial score (nSPS) is 10.9. The number of aromatic carboxylic acids is 1. The van der Waals surface area contributed by atoms with Crippen LogP contribution in [0.3, 0.4) is 0 Å². The molecule has 7 heteroatoms. The van der Waals surface area contributed by atoms with Crippen LogP contribution in [0.4, 0.5) is 9.52 Å². The zero-order valence-corrected chi connectivity index (χ0v) is 13.1. The van der Waals surface area contributed by atoms with Crippen LogP contribution in [0.15, 0.2) is 59.0 Å². The standard InChI is InChI=1S/C17H12FN3O2S/c18-13-8-4-7-12(15(13)16(22)23)9-19-21-17-20-14(10-24-17)11-5-2-1-3-6-11/h1-10H,(H,20,21)(H,22,23). The van der Waals surface area contributed by atoms with E-state index in [4.69, 9.17) is 5.11 Å². The fourth-order valence-corrected chi connectivity index (χ4v) is 2.77. The van der Waals surface area contributed by atoms with E-state index in [-0.39, 0.29) is 5.56 Å². The number of carboxylic acids is 1. The van der Waals surface area contributed by atoms with Crippen molar-refractivity contribution < 1.29 is 14.3 Å². The second-order valence-corrected chi connectivity index (χ2v) is 5.64. The van der Waals surface area contributed by atoms with Crippen molar-refractivity contribution in [3.05, 3.63) is 70.9 Å². The van der Waals surface area contributed by atoms with Gasteiger partial charge in [0.05, 0.1) is 11.9 Å². The molecule has 0 saturated carbocycles. The molecule has 5 nitrogen and oxygen atoms in total. The van der Waals surface area contributed by atoms with Crippen LogP contribution in [0.2, 0.25) is 0 Å². The second-order valence-electron chi connectivity index (χ2n) is 4.78. The van der Waals surface area contributed by atoms with Crippen molar-refractivity contribution in [3.63, 3.8) is 0 Å². The number of hydrogen-bond acceptors (Lipinski definition) is 5. The molecule has 0 aliphatic heterocycles. The maximum Gasteiger partial charge on any atom is 0.339 e. The van der Waals surface area contributed by atoms with E-state index in [0.29, 0.717) is 5.13 Å². The summed E-state index contributed by atoms with van der Waals surface area (Å²) in [5, 5.41) is 15.4. The third-order valence-corrected chi connectivity index (χ3v) is 3.94. The smallest absolute Gasteiger partial charge is 0.339 e. The van der Waals surface area contributed by atoms with E-state index in [9.17, 15) is 9.18 Å². The fourth-order valence-electron chi connectivity index (χ4n) is 2.10. The number of hydrogen-bond donors (Lipinski definition) is 2. The fraction of sp³-hybridized carbons (Fsp3) is 0. The first-order valence-corrected chi connectivity index (χ1v) is 7.85. The molecular formula is C17H12FN3O2S. The monoisotopic (exact) mass is 341 g/mol. The van der Waals surface area contributed by atoms with Gasteiger partial charge in [-0.1, -0.05) is 42.5 Å². The molecule has 0 fully saturated rings. The van der Waals surface area contributed by atoms with Crippen molar-refractivity contribution in [2.45, 2.75) is 0 Å². The molecule has 2 aromatic carbocycles. The van der Waals surface area contributed by atoms with Gasteiger partial charge in [-0.25, -0.2) is 14.2 Å². The number of hydrazone groups is 1. The molecule has 0 spiro atoms. The topological polar surface area (TPSA) is 74.6 Å². The average molecular weight is 341 g/mol. The van der Waals surface area contributed by atoms with E-state index in [0.717, 1.165) is 17.3 Å². The Bertz CT molecular complexity index is 894. The molecule has 0 saturated heterocycles. The molecule has 2 N–H and O–H groups in total. The number of aromatic nitrogens is 1. The molecule has 0 bridgehead atoms. The Hall–Kier alpha value is -3.06. The molecule has 1 aromatic heterocycles. The van der Waals surface area contributed by atoms with Gasteiger partial charge in [-0.2, -0.15) is 5.10 Å². The molecule has 0 radical (unpaired) electrons. The summed E-state index contributed by atoms with van der Waals surface area (Å²) in [7, 11) is 0. The first-order valence-electron chi connectivity index (χ1n) is 6.97. The van der Waals surface area contributed by atoms with Gasteiger partial charge in [0, 0.05) is 16.5 Å². The molecule has 0 aliphatic carbocycles. The van der Waals surface area contributed by atoms with Gasteiger partial charge in [0.1, 0.15) is 11.4 Å². The van der Waals surface area contributed by atoms with Gasteiger partial charge in [-0.3, -0.25) is 5.43 Å². The summed E-state index contributed by atoms with van der Waals surface area (Å²) >= 11 is 1.37. The minimum absolute atomic E-state index is 0.176. The highest BCUT2D eigenvalue weighted by atomic mass is 32.1. The van der Waals surface area contributed by atoms with Crippen molar-refractivity contribution >= 4 is 28.7 Å². The lowest BCUT2D eigenvalue weighted by Gasteiger charge is -2.01. The lowest BCUT2D eigenvalue weighted by atomic mass is 10.1. The number of benzene rings is 2. The summed E-state index contributed by atoms with van der Waals surface area (Å²) in [6, 6.07) is 13.7. The number of carboxylic acid groups (broad SMARTS) is 1. The zero-order valence-electron chi connectivity index (χ0n) is 12.3. The van der Waals surface area contributed by atoms with Crippen molar-refractivity contribution in [1.82, 2.24) is 4.98 Å². The van der Waals surface area contributed by atoms with Gasteiger partial charge in [-0.15, -0.1) is 11.3 Å². The van der Waals surface area contributed by atoms with Crippen molar-refractivity contribution in [2.75, 3.05) is 5.43 Å². The van der Waals surface area contributed by atoms with Crippen molar-refractivity contribution in [1.29, 1.82) is 0 Å². The second kappa shape index (κ2) is 7.01. The number of nitrogens with zero attached hydrogens (tertiary/aromatic N) is 2. The van der Waals surface area contributed by atoms with Gasteiger partial charge in [0.15, 0.2) is 0 Å². The molecular weight excluding hydrogens is 329 g/mol. The van der Waals surface area contributed by atoms with Crippen LogP contribution >= 0.6 is 11.3 Å². The molecule has 1 heterocycles. The summed E-state index contributed by atoms with van der Waals surface area (Å²) in [6.45, 7) is 0. The Morgan fingerprint density at radius 2 is 2.00 bits per heavy atom. The van der Waals surface area contributed by atoms with E-state index in [1.165, 1.54) is 29.7 Å². The quantitative estimate of drug-likeness (QED) is 0.541. The van der Waals surface area contributed by atoms with Gasteiger partial charge in [-0.05, 0) is 6.07 Å². The Labute approximate surface area is 141 Å². The summed E-state index contributed by atoms with van der Waals surface area (Å²) in [6.07, 6.45) is 1.26. The Morgan fingerprint density at radius 3 is 2.75 bits per heavy atom. The van der Waals surface area contributed by atoms with E-state index in [1.54, 1.807) is 0 Å². The third kappa shape index (κ3) is 3.47. The van der Waals surface area contributed by atoms with Crippen LogP contribution in [-0.2, 0) is 0 Å². The van der Waals surface area contributed by atoms with E-state index >= 15 is 0 Å². The highest BCUT2D eigenvalue weighted by Gasteiger charge is 2.14. The summed E-state index contributed by atoms with van der Waals surface area (Å²) < 4.78 is 13.6. The molecule has 0 amide bonds. The lowest BCUT2D eigenvalue weighted by molar-refractivity contribution is 0.0692. The summed E-state index contributed by atoms with van der Waals surface area (Å²) in [5.74, 6) is -2.14. The number of nitrogens with one attached hydrogen (secondary N) is 1. The highest BCUT2D eigenvalue weighted by molar-refractivity contribution is 7.14. The molecule has 0 unspecified atom stereocenters. The molecule has 3 rings (SSSR count). The molecule has 3 aromatic rings. The highest BCUT2D eigenvalue weighted by Crippen LogP contribution is 2.24. The molecule has 0 aliphatic rings. The number of carbonyl (C=O) groups is 1. The average Bonchev–Trinajstić information content (AvgIpc) is 3.04. The first-order chi connectivity index (χ1) is 11.6. The maximum absolute atomic E-state index is 13.6. The molecule has 0 atom stereocenters.